The molecule has 0 bridgehead atoms. The van der Waals surface area contributed by atoms with Crippen LogP contribution in [0.2, 0.25) is 0 Å². The zero-order valence-corrected chi connectivity index (χ0v) is 11.4. The summed E-state index contributed by atoms with van der Waals surface area (Å²) in [6.45, 7) is 2.84. The predicted molar refractivity (Wildman–Crippen MR) is 74.6 cm³/mol. The molecule has 0 aliphatic carbocycles. The van der Waals surface area contributed by atoms with Crippen LogP contribution in [0.5, 0.6) is 0 Å². The largest absolute Gasteiger partial charge is 0.468 e. The molecule has 5 nitrogen and oxygen atoms in total. The normalized spacial score (nSPS) is 9.89. The van der Waals surface area contributed by atoms with E-state index < -0.39 is 0 Å². The van der Waals surface area contributed by atoms with Gasteiger partial charge in [0, 0.05) is 12.7 Å². The molecule has 0 saturated heterocycles. The summed E-state index contributed by atoms with van der Waals surface area (Å²) in [6, 6.07) is 3.56. The van der Waals surface area contributed by atoms with Crippen LogP contribution in [0.25, 0.3) is 0 Å². The summed E-state index contributed by atoms with van der Waals surface area (Å²) in [5, 5.41) is 0. The van der Waals surface area contributed by atoms with Crippen LogP contribution in [0, 0.1) is 0 Å². The molecule has 2 N–H and O–H groups in total. The van der Waals surface area contributed by atoms with Crippen molar-refractivity contribution in [3.05, 3.63) is 23.9 Å². The first-order valence-corrected chi connectivity index (χ1v) is 6.07. The van der Waals surface area contributed by atoms with E-state index >= 15 is 0 Å². The van der Waals surface area contributed by atoms with Gasteiger partial charge in [0.15, 0.2) is 0 Å². The monoisotopic (exact) mass is 267 g/mol. The molecular formula is C12H17N3O2S. The van der Waals surface area contributed by atoms with Gasteiger partial charge in [-0.3, -0.25) is 4.79 Å². The molecule has 0 atom stereocenters. The summed E-state index contributed by atoms with van der Waals surface area (Å²) < 4.78 is 4.68. The van der Waals surface area contributed by atoms with Crippen molar-refractivity contribution >= 4 is 29.0 Å². The lowest BCUT2D eigenvalue weighted by molar-refractivity contribution is -0.138. The first-order valence-electron chi connectivity index (χ1n) is 5.66. The Bertz CT molecular complexity index is 437. The number of thiocarbonyl (C=S) groups is 1. The second kappa shape index (κ2) is 6.90. The summed E-state index contributed by atoms with van der Waals surface area (Å²) in [7, 11) is 1.36. The van der Waals surface area contributed by atoms with Crippen molar-refractivity contribution in [1.29, 1.82) is 0 Å². The number of hydrogen-bond acceptors (Lipinski definition) is 5. The maximum atomic E-state index is 11.4. The summed E-state index contributed by atoms with van der Waals surface area (Å²) >= 11 is 4.99. The highest BCUT2D eigenvalue weighted by Crippen LogP contribution is 2.17. The molecular weight excluding hydrogens is 250 g/mol. The lowest BCUT2D eigenvalue weighted by Crippen LogP contribution is -2.33. The molecule has 0 radical (unpaired) electrons. The van der Waals surface area contributed by atoms with Gasteiger partial charge in [-0.2, -0.15) is 0 Å². The van der Waals surface area contributed by atoms with Gasteiger partial charge in [0.05, 0.1) is 12.7 Å². The van der Waals surface area contributed by atoms with Gasteiger partial charge < -0.3 is 15.4 Å². The Morgan fingerprint density at radius 2 is 2.33 bits per heavy atom. The molecule has 0 unspecified atom stereocenters. The number of carbonyl (C=O) groups excluding carboxylic acids is 1. The number of esters is 1. The Labute approximate surface area is 112 Å². The van der Waals surface area contributed by atoms with Gasteiger partial charge in [0.1, 0.15) is 17.4 Å². The molecule has 0 fully saturated rings. The van der Waals surface area contributed by atoms with Gasteiger partial charge in [0.25, 0.3) is 0 Å². The highest BCUT2D eigenvalue weighted by molar-refractivity contribution is 7.80. The molecule has 0 spiro atoms. The Kier molecular flexibility index (Phi) is 5.51. The van der Waals surface area contributed by atoms with Gasteiger partial charge in [-0.25, -0.2) is 4.98 Å². The maximum Gasteiger partial charge on any atom is 0.325 e. The highest BCUT2D eigenvalue weighted by Gasteiger charge is 2.16. The fraction of sp³-hybridized carbons (Fsp3) is 0.417. The number of nitrogens with zero attached hydrogens (tertiary/aromatic N) is 2. The molecule has 1 aromatic rings. The van der Waals surface area contributed by atoms with E-state index in [4.69, 9.17) is 18.0 Å². The minimum atomic E-state index is -0.317. The van der Waals surface area contributed by atoms with E-state index in [2.05, 4.69) is 9.72 Å². The molecule has 0 aromatic carbocycles. The summed E-state index contributed by atoms with van der Waals surface area (Å²) in [5.41, 5.74) is 6.33. The lowest BCUT2D eigenvalue weighted by Gasteiger charge is -2.23. The third-order valence-electron chi connectivity index (χ3n) is 2.39. The fourth-order valence-corrected chi connectivity index (χ4v) is 1.75. The average Bonchev–Trinajstić information content (AvgIpc) is 2.38. The minimum absolute atomic E-state index is 0.136. The van der Waals surface area contributed by atoms with Crippen LogP contribution in [0.1, 0.15) is 18.9 Å². The van der Waals surface area contributed by atoms with E-state index in [1.807, 2.05) is 11.8 Å². The van der Waals surface area contributed by atoms with Crippen LogP contribution < -0.4 is 10.6 Å². The standard InChI is InChI=1S/C12H17N3O2S/c1-3-7-15(8-10(16)17-2)12-9(11(13)18)5-4-6-14-12/h4-6H,3,7-8H2,1-2H3,(H2,13,18). The van der Waals surface area contributed by atoms with Crippen molar-refractivity contribution in [2.75, 3.05) is 25.1 Å². The van der Waals surface area contributed by atoms with Gasteiger partial charge >= 0.3 is 5.97 Å². The number of pyridine rings is 1. The first-order chi connectivity index (χ1) is 8.60. The number of rotatable bonds is 6. The maximum absolute atomic E-state index is 11.4. The molecule has 0 saturated carbocycles. The number of methoxy groups -OCH3 is 1. The van der Waals surface area contributed by atoms with Crippen molar-refractivity contribution in [3.63, 3.8) is 0 Å². The average molecular weight is 267 g/mol. The van der Waals surface area contributed by atoms with Crippen molar-refractivity contribution in [1.82, 2.24) is 4.98 Å². The highest BCUT2D eigenvalue weighted by atomic mass is 32.1. The van der Waals surface area contributed by atoms with E-state index in [1.165, 1.54) is 7.11 Å². The molecule has 0 aliphatic rings. The molecule has 0 aliphatic heterocycles. The molecule has 1 heterocycles. The van der Waals surface area contributed by atoms with Crippen LogP contribution in [-0.2, 0) is 9.53 Å². The minimum Gasteiger partial charge on any atom is -0.468 e. The van der Waals surface area contributed by atoms with Gasteiger partial charge in [0.2, 0.25) is 0 Å². The van der Waals surface area contributed by atoms with E-state index in [0.717, 1.165) is 6.42 Å². The number of anilines is 1. The Morgan fingerprint density at radius 3 is 2.89 bits per heavy atom. The quantitative estimate of drug-likeness (QED) is 0.615. The van der Waals surface area contributed by atoms with Crippen molar-refractivity contribution < 1.29 is 9.53 Å². The third kappa shape index (κ3) is 3.66. The van der Waals surface area contributed by atoms with Crippen LogP contribution in [0.15, 0.2) is 18.3 Å². The first kappa shape index (κ1) is 14.4. The molecule has 98 valence electrons. The van der Waals surface area contributed by atoms with Gasteiger partial charge in [-0.15, -0.1) is 0 Å². The van der Waals surface area contributed by atoms with Gasteiger partial charge in [-0.1, -0.05) is 19.1 Å². The SMILES string of the molecule is CCCN(CC(=O)OC)c1ncccc1C(N)=S. The van der Waals surface area contributed by atoms with Crippen LogP contribution in [0.3, 0.4) is 0 Å². The predicted octanol–water partition coefficient (Wildman–Crippen LogP) is 1.11. The zero-order valence-electron chi connectivity index (χ0n) is 10.5. The Hall–Kier alpha value is -1.69. The Balaban J connectivity index is 3.04. The van der Waals surface area contributed by atoms with E-state index in [0.29, 0.717) is 17.9 Å². The number of ether oxygens (including phenoxy) is 1. The lowest BCUT2D eigenvalue weighted by atomic mass is 10.2. The summed E-state index contributed by atoms with van der Waals surface area (Å²) in [4.78, 5) is 17.7. The Morgan fingerprint density at radius 1 is 1.61 bits per heavy atom. The fourth-order valence-electron chi connectivity index (χ4n) is 1.59. The summed E-state index contributed by atoms with van der Waals surface area (Å²) in [5.74, 6) is 0.306. The molecule has 1 aromatic heterocycles. The number of carbonyl (C=O) groups is 1. The van der Waals surface area contributed by atoms with Crippen LogP contribution >= 0.6 is 12.2 Å². The topological polar surface area (TPSA) is 68.5 Å². The zero-order chi connectivity index (χ0) is 13.5. The van der Waals surface area contributed by atoms with Crippen molar-refractivity contribution in [3.8, 4) is 0 Å². The second-order valence-corrected chi connectivity index (χ2v) is 4.18. The van der Waals surface area contributed by atoms with Crippen molar-refractivity contribution in [2.45, 2.75) is 13.3 Å². The number of nitrogens with two attached hydrogens (primary N) is 1. The number of hydrogen-bond donors (Lipinski definition) is 1. The van der Waals surface area contributed by atoms with Crippen molar-refractivity contribution in [2.24, 2.45) is 5.73 Å². The van der Waals surface area contributed by atoms with Crippen LogP contribution in [-0.4, -0.2) is 36.1 Å². The van der Waals surface area contributed by atoms with E-state index in [9.17, 15) is 4.79 Å². The van der Waals surface area contributed by atoms with E-state index in [1.54, 1.807) is 18.3 Å². The van der Waals surface area contributed by atoms with Crippen LogP contribution in [0.4, 0.5) is 5.82 Å². The number of aromatic nitrogens is 1. The summed E-state index contributed by atoms with van der Waals surface area (Å²) in [6.07, 6.45) is 2.53. The molecule has 1 rings (SSSR count). The molecule has 18 heavy (non-hydrogen) atoms. The third-order valence-corrected chi connectivity index (χ3v) is 2.61. The second-order valence-electron chi connectivity index (χ2n) is 3.74. The van der Waals surface area contributed by atoms with Gasteiger partial charge in [-0.05, 0) is 18.6 Å². The van der Waals surface area contributed by atoms with E-state index in [-0.39, 0.29) is 17.5 Å². The molecule has 0 amide bonds. The molecule has 6 heteroatoms. The smallest absolute Gasteiger partial charge is 0.325 e.